The van der Waals surface area contributed by atoms with Gasteiger partial charge < -0.3 is 51.7 Å². The lowest BCUT2D eigenvalue weighted by Crippen LogP contribution is -2.37. The summed E-state index contributed by atoms with van der Waals surface area (Å²) in [5, 5.41) is 74.8. The van der Waals surface area contributed by atoms with Crippen LogP contribution in [0.3, 0.4) is 0 Å². The quantitative estimate of drug-likeness (QED) is 0.147. The van der Waals surface area contributed by atoms with E-state index in [2.05, 4.69) is 19.7 Å². The van der Waals surface area contributed by atoms with Crippen LogP contribution in [0.25, 0.3) is 0 Å². The molecule has 0 unspecified atom stereocenters. The Hall–Kier alpha value is -3.75. The van der Waals surface area contributed by atoms with Gasteiger partial charge in [0.15, 0.2) is 11.5 Å². The molecule has 0 atom stereocenters. The van der Waals surface area contributed by atoms with Crippen LogP contribution in [0.4, 0.5) is 0 Å². The zero-order valence-electron chi connectivity index (χ0n) is 19.2. The van der Waals surface area contributed by atoms with E-state index in [4.69, 9.17) is 51.7 Å². The summed E-state index contributed by atoms with van der Waals surface area (Å²) in [6.07, 6.45) is 3.22. The molecule has 0 aliphatic carbocycles. The van der Waals surface area contributed by atoms with Crippen LogP contribution >= 0.6 is 0 Å². The normalized spacial score (nSPS) is 8.94. The van der Waals surface area contributed by atoms with Gasteiger partial charge in [0.25, 0.3) is 0 Å². The Balaban J connectivity index is -0.000000181. The summed E-state index contributed by atoms with van der Waals surface area (Å²) in [6.45, 7) is 7.80. The van der Waals surface area contributed by atoms with Gasteiger partial charge in [0.2, 0.25) is 0 Å². The van der Waals surface area contributed by atoms with Crippen molar-refractivity contribution in [2.75, 3.05) is 33.0 Å². The molecule has 0 aromatic heterocycles. The largest absolute Gasteiger partial charge is 0.504 e. The number of aliphatic hydroxyl groups is 4. The van der Waals surface area contributed by atoms with Crippen LogP contribution in [0.1, 0.15) is 5.56 Å². The summed E-state index contributed by atoms with van der Waals surface area (Å²) in [7, 11) is 0. The lowest BCUT2D eigenvalue weighted by molar-refractivity contribution is -0.132. The van der Waals surface area contributed by atoms with Gasteiger partial charge in [-0.25, -0.2) is 14.4 Å². The number of phenolic OH excluding ortho intramolecular Hbond substituents is 2. The van der Waals surface area contributed by atoms with E-state index >= 15 is 0 Å². The molecule has 0 aliphatic rings. The van der Waals surface area contributed by atoms with Gasteiger partial charge in [0.05, 0.1) is 31.8 Å². The number of aromatic hydroxyl groups is 2. The van der Waals surface area contributed by atoms with Gasteiger partial charge >= 0.3 is 17.9 Å². The number of carboxylic acid groups (broad SMARTS) is 3. The van der Waals surface area contributed by atoms with Crippen molar-refractivity contribution in [3.63, 3.8) is 0 Å². The van der Waals surface area contributed by atoms with Crippen LogP contribution in [-0.2, 0) is 20.8 Å². The van der Waals surface area contributed by atoms with Gasteiger partial charge in [0, 0.05) is 18.2 Å². The lowest BCUT2D eigenvalue weighted by atomic mass is 9.93. The molecule has 35 heavy (non-hydrogen) atoms. The monoisotopic (exact) mass is 505 g/mol. The minimum absolute atomic E-state index is 0.0871. The first-order valence-electron chi connectivity index (χ1n) is 9.50. The number of benzene rings is 1. The van der Waals surface area contributed by atoms with E-state index in [1.54, 1.807) is 6.07 Å². The molecule has 0 amide bonds. The van der Waals surface area contributed by atoms with Gasteiger partial charge in [-0.15, -0.1) is 0 Å². The number of aliphatic hydroxyl groups excluding tert-OH is 4. The molecule has 0 fully saturated rings. The fourth-order valence-electron chi connectivity index (χ4n) is 1.19. The second-order valence-electron chi connectivity index (χ2n) is 6.12. The molecule has 1 rings (SSSR count). The van der Waals surface area contributed by atoms with Gasteiger partial charge in [-0.05, 0) is 30.7 Å². The number of hydrogen-bond acceptors (Lipinski definition) is 10. The topological polar surface area (TPSA) is 259 Å². The fourth-order valence-corrected chi connectivity index (χ4v) is 1.19. The molecule has 13 nitrogen and oxygen atoms in total. The third kappa shape index (κ3) is 26.4. The molecule has 0 radical (unpaired) electrons. The van der Waals surface area contributed by atoms with Crippen molar-refractivity contribution < 1.29 is 60.3 Å². The number of phenols is 2. The first kappa shape index (κ1) is 38.5. The molecule has 0 heterocycles. The van der Waals surface area contributed by atoms with Crippen molar-refractivity contribution in [2.24, 2.45) is 11.1 Å². The molecule has 13 heteroatoms. The lowest BCUT2D eigenvalue weighted by Gasteiger charge is -2.23. The minimum Gasteiger partial charge on any atom is -0.504 e. The summed E-state index contributed by atoms with van der Waals surface area (Å²) in [4.78, 5) is 27.8. The molecular formula is C22H35NO12. The number of hydrogen-bond donors (Lipinski definition) is 10. The maximum absolute atomic E-state index is 9.25. The third-order valence-corrected chi connectivity index (χ3v) is 3.34. The first-order chi connectivity index (χ1) is 16.3. The number of aliphatic carboxylic acids is 3. The van der Waals surface area contributed by atoms with Crippen LogP contribution in [0.15, 0.2) is 56.2 Å². The van der Waals surface area contributed by atoms with Crippen molar-refractivity contribution in [1.82, 2.24) is 0 Å². The average molecular weight is 506 g/mol. The highest BCUT2D eigenvalue weighted by molar-refractivity contribution is 5.79. The highest BCUT2D eigenvalue weighted by Gasteiger charge is 2.26. The van der Waals surface area contributed by atoms with Crippen LogP contribution in [0.5, 0.6) is 11.5 Å². The van der Waals surface area contributed by atoms with E-state index < -0.39 is 49.8 Å². The highest BCUT2D eigenvalue weighted by atomic mass is 16.4. The first-order valence-corrected chi connectivity index (χ1v) is 9.50. The van der Waals surface area contributed by atoms with Crippen molar-refractivity contribution >= 4 is 17.9 Å². The van der Waals surface area contributed by atoms with Crippen LogP contribution < -0.4 is 5.73 Å². The third-order valence-electron chi connectivity index (χ3n) is 3.34. The van der Waals surface area contributed by atoms with E-state index in [0.717, 1.165) is 23.8 Å². The Bertz CT molecular complexity index is 700. The molecule has 1 aromatic rings. The predicted octanol–water partition coefficient (Wildman–Crippen LogP) is -0.688. The molecule has 200 valence electrons. The van der Waals surface area contributed by atoms with Crippen LogP contribution in [0.2, 0.25) is 0 Å². The Morgan fingerprint density at radius 1 is 0.743 bits per heavy atom. The Morgan fingerprint density at radius 3 is 1.23 bits per heavy atom. The Kier molecular flexibility index (Phi) is 27.4. The molecule has 0 saturated carbocycles. The SMILES string of the molecule is C=CC(=O)O.C=CC(=O)O.C=CC(=O)O.NCCc1ccc(O)c(O)c1.OCC(CO)(CO)CO. The number of carboxylic acids is 3. The van der Waals surface area contributed by atoms with Crippen LogP contribution in [0, 0.1) is 5.41 Å². The molecular weight excluding hydrogens is 470 g/mol. The second kappa shape index (κ2) is 24.9. The van der Waals surface area contributed by atoms with Gasteiger partial charge in [-0.2, -0.15) is 0 Å². The Morgan fingerprint density at radius 2 is 1.06 bits per heavy atom. The van der Waals surface area contributed by atoms with Crippen molar-refractivity contribution in [1.29, 1.82) is 0 Å². The van der Waals surface area contributed by atoms with E-state index in [1.165, 1.54) is 12.1 Å². The van der Waals surface area contributed by atoms with E-state index in [-0.39, 0.29) is 11.5 Å². The van der Waals surface area contributed by atoms with Crippen LogP contribution in [-0.4, -0.2) is 96.8 Å². The zero-order chi connectivity index (χ0) is 28.4. The summed E-state index contributed by atoms with van der Waals surface area (Å²) in [5.74, 6) is -3.12. The van der Waals surface area contributed by atoms with Gasteiger partial charge in [-0.1, -0.05) is 25.8 Å². The van der Waals surface area contributed by atoms with Crippen molar-refractivity contribution in [2.45, 2.75) is 6.42 Å². The standard InChI is InChI=1S/C8H11NO2.C5H12O4.3C3H4O2/c9-4-3-6-1-2-7(10)8(11)5-6;6-1-5(2-7,3-8)4-9;3*1-2-3(4)5/h1-2,5,10-11H,3-4,9H2;6-9H,1-4H2;3*2H,1H2,(H,4,5). The number of carbonyl (C=O) groups is 3. The maximum atomic E-state index is 9.25. The summed E-state index contributed by atoms with van der Waals surface area (Å²) in [5.41, 5.74) is 5.13. The zero-order valence-corrected chi connectivity index (χ0v) is 19.2. The molecule has 0 aliphatic heterocycles. The minimum atomic E-state index is -1.11. The van der Waals surface area contributed by atoms with Gasteiger partial charge in [-0.3, -0.25) is 0 Å². The average Bonchev–Trinajstić information content (AvgIpc) is 2.85. The molecule has 11 N–H and O–H groups in total. The van der Waals surface area contributed by atoms with E-state index in [0.29, 0.717) is 13.0 Å². The highest BCUT2D eigenvalue weighted by Crippen LogP contribution is 2.24. The summed E-state index contributed by atoms with van der Waals surface area (Å²) >= 11 is 0. The van der Waals surface area contributed by atoms with Gasteiger partial charge in [0.1, 0.15) is 0 Å². The predicted molar refractivity (Wildman–Crippen MR) is 127 cm³/mol. The number of rotatable bonds is 9. The van der Waals surface area contributed by atoms with E-state index in [9.17, 15) is 14.4 Å². The smallest absolute Gasteiger partial charge is 0.327 e. The maximum Gasteiger partial charge on any atom is 0.327 e. The summed E-state index contributed by atoms with van der Waals surface area (Å²) < 4.78 is 0. The second-order valence-corrected chi connectivity index (χ2v) is 6.12. The molecule has 0 saturated heterocycles. The number of nitrogens with two attached hydrogens (primary N) is 1. The fraction of sp³-hybridized carbons (Fsp3) is 0.318. The van der Waals surface area contributed by atoms with Crippen molar-refractivity contribution in [3.05, 3.63) is 61.7 Å². The van der Waals surface area contributed by atoms with Crippen molar-refractivity contribution in [3.8, 4) is 11.5 Å². The Labute approximate surface area is 202 Å². The molecule has 0 bridgehead atoms. The summed E-state index contributed by atoms with van der Waals surface area (Å²) in [6, 6.07) is 4.71. The van der Waals surface area contributed by atoms with E-state index in [1.807, 2.05) is 0 Å². The molecule has 1 aromatic carbocycles. The molecule has 0 spiro atoms.